The van der Waals surface area contributed by atoms with Crippen LogP contribution in [-0.2, 0) is 9.47 Å². The molecule has 2 amide bonds. The third-order valence-corrected chi connectivity index (χ3v) is 6.56. The Morgan fingerprint density at radius 3 is 2.09 bits per heavy atom. The van der Waals surface area contributed by atoms with Gasteiger partial charge < -0.3 is 14.4 Å². The maximum atomic E-state index is 13.1. The van der Waals surface area contributed by atoms with Crippen molar-refractivity contribution in [3.63, 3.8) is 0 Å². The van der Waals surface area contributed by atoms with Crippen LogP contribution >= 0.6 is 11.6 Å². The number of halogens is 1. The second-order valence-corrected chi connectivity index (χ2v) is 11.8. The molecule has 182 valence electrons. The van der Waals surface area contributed by atoms with Crippen molar-refractivity contribution in [3.05, 3.63) is 30.2 Å². The molecule has 2 heterocycles. The Bertz CT molecular complexity index is 896. The van der Waals surface area contributed by atoms with E-state index in [1.807, 2.05) is 6.08 Å². The summed E-state index contributed by atoms with van der Waals surface area (Å²) in [5.41, 5.74) is -2.06. The predicted molar refractivity (Wildman–Crippen MR) is 127 cm³/mol. The molecule has 0 spiro atoms. The molecule has 0 radical (unpaired) electrons. The minimum absolute atomic E-state index is 0.247. The highest BCUT2D eigenvalue weighted by molar-refractivity contribution is 6.29. The molecule has 8 nitrogen and oxygen atoms in total. The van der Waals surface area contributed by atoms with Crippen molar-refractivity contribution in [2.24, 2.45) is 10.8 Å². The summed E-state index contributed by atoms with van der Waals surface area (Å²) < 4.78 is 11.2. The molecule has 1 aliphatic heterocycles. The van der Waals surface area contributed by atoms with E-state index >= 15 is 0 Å². The number of rotatable bonds is 3. The van der Waals surface area contributed by atoms with Gasteiger partial charge in [0.25, 0.3) is 0 Å². The SMILES string of the molecule is C=C[C@@]12C[C@@H](N(C(=O)OC(C)(C)C)C(=O)OC(C)(C)C)C[C@]1(C)CN(c1cnc(Cl)cn1)C2. The fourth-order valence-electron chi connectivity index (χ4n) is 4.96. The monoisotopic (exact) mass is 478 g/mol. The molecule has 0 bridgehead atoms. The summed E-state index contributed by atoms with van der Waals surface area (Å²) in [5, 5.41) is 0.341. The van der Waals surface area contributed by atoms with Gasteiger partial charge in [-0.1, -0.05) is 24.6 Å². The van der Waals surface area contributed by atoms with E-state index in [4.69, 9.17) is 21.1 Å². The quantitative estimate of drug-likeness (QED) is 0.533. The van der Waals surface area contributed by atoms with Gasteiger partial charge in [0.05, 0.1) is 12.4 Å². The molecule has 2 fully saturated rings. The fourth-order valence-corrected chi connectivity index (χ4v) is 5.06. The lowest BCUT2D eigenvalue weighted by Crippen LogP contribution is -2.49. The van der Waals surface area contributed by atoms with E-state index in [9.17, 15) is 9.59 Å². The van der Waals surface area contributed by atoms with Crippen molar-refractivity contribution in [2.45, 2.75) is 78.6 Å². The summed E-state index contributed by atoms with van der Waals surface area (Å²) in [6.07, 6.45) is 4.92. The number of amides is 2. The van der Waals surface area contributed by atoms with Crippen LogP contribution in [0.4, 0.5) is 15.4 Å². The molecule has 1 aromatic rings. The van der Waals surface area contributed by atoms with E-state index in [2.05, 4.69) is 28.4 Å². The van der Waals surface area contributed by atoms with Crippen LogP contribution in [-0.4, -0.2) is 57.4 Å². The highest BCUT2D eigenvalue weighted by Crippen LogP contribution is 2.59. The molecule has 2 aliphatic rings. The van der Waals surface area contributed by atoms with Gasteiger partial charge in [0.2, 0.25) is 0 Å². The zero-order chi connectivity index (χ0) is 24.8. The molecule has 3 atom stereocenters. The highest BCUT2D eigenvalue weighted by Gasteiger charge is 2.61. The van der Waals surface area contributed by atoms with Crippen LogP contribution in [0.25, 0.3) is 0 Å². The lowest BCUT2D eigenvalue weighted by molar-refractivity contribution is -0.00778. The molecule has 0 unspecified atom stereocenters. The fraction of sp³-hybridized carbons (Fsp3) is 0.667. The Hall–Kier alpha value is -2.35. The van der Waals surface area contributed by atoms with E-state index in [0.29, 0.717) is 31.1 Å². The Kier molecular flexibility index (Phi) is 6.48. The number of hydrogen-bond acceptors (Lipinski definition) is 7. The molecule has 1 aliphatic carbocycles. The molecule has 1 aromatic heterocycles. The largest absolute Gasteiger partial charge is 0.443 e. The molecule has 0 N–H and O–H groups in total. The van der Waals surface area contributed by atoms with Crippen LogP contribution in [0, 0.1) is 10.8 Å². The number of anilines is 1. The van der Waals surface area contributed by atoms with Gasteiger partial charge in [0, 0.05) is 24.5 Å². The van der Waals surface area contributed by atoms with Crippen molar-refractivity contribution in [2.75, 3.05) is 18.0 Å². The van der Waals surface area contributed by atoms with Crippen LogP contribution in [0.5, 0.6) is 0 Å². The van der Waals surface area contributed by atoms with E-state index in [1.54, 1.807) is 47.7 Å². The van der Waals surface area contributed by atoms with Crippen LogP contribution in [0.2, 0.25) is 5.15 Å². The van der Waals surface area contributed by atoms with Crippen molar-refractivity contribution in [3.8, 4) is 0 Å². The van der Waals surface area contributed by atoms with Crippen molar-refractivity contribution < 1.29 is 19.1 Å². The number of ether oxygens (including phenoxy) is 2. The number of imide groups is 1. The van der Waals surface area contributed by atoms with Crippen LogP contribution in [0.3, 0.4) is 0 Å². The number of carbonyl (C=O) groups is 2. The van der Waals surface area contributed by atoms with Gasteiger partial charge >= 0.3 is 12.2 Å². The zero-order valence-electron chi connectivity index (χ0n) is 20.6. The minimum atomic E-state index is -0.740. The molecule has 33 heavy (non-hydrogen) atoms. The van der Waals surface area contributed by atoms with Gasteiger partial charge in [0.1, 0.15) is 22.2 Å². The maximum Gasteiger partial charge on any atom is 0.420 e. The van der Waals surface area contributed by atoms with E-state index in [1.165, 1.54) is 6.20 Å². The van der Waals surface area contributed by atoms with Gasteiger partial charge in [-0.15, -0.1) is 6.58 Å². The Balaban J connectivity index is 1.89. The average Bonchev–Trinajstić information content (AvgIpc) is 3.06. The van der Waals surface area contributed by atoms with Gasteiger partial charge in [-0.2, -0.15) is 0 Å². The number of nitrogens with zero attached hydrogens (tertiary/aromatic N) is 4. The summed E-state index contributed by atoms with van der Waals surface area (Å²) in [7, 11) is 0. The Morgan fingerprint density at radius 1 is 1.09 bits per heavy atom. The molecule has 1 saturated heterocycles. The number of carbonyl (C=O) groups excluding carboxylic acids is 2. The Labute approximate surface area is 201 Å². The summed E-state index contributed by atoms with van der Waals surface area (Å²) in [4.78, 5) is 38.2. The molecule has 1 saturated carbocycles. The second kappa shape index (κ2) is 8.46. The Morgan fingerprint density at radius 2 is 1.67 bits per heavy atom. The smallest absolute Gasteiger partial charge is 0.420 e. The van der Waals surface area contributed by atoms with Gasteiger partial charge in [-0.05, 0) is 59.8 Å². The van der Waals surface area contributed by atoms with E-state index < -0.39 is 23.4 Å². The lowest BCUT2D eigenvalue weighted by atomic mass is 9.70. The van der Waals surface area contributed by atoms with Crippen molar-refractivity contribution in [1.82, 2.24) is 14.9 Å². The maximum absolute atomic E-state index is 13.1. The normalized spacial score (nSPS) is 27.2. The van der Waals surface area contributed by atoms with Crippen LogP contribution < -0.4 is 4.90 Å². The topological polar surface area (TPSA) is 84.9 Å². The molecular formula is C24H35ClN4O4. The van der Waals surface area contributed by atoms with E-state index in [0.717, 1.165) is 10.7 Å². The minimum Gasteiger partial charge on any atom is -0.443 e. The van der Waals surface area contributed by atoms with E-state index in [-0.39, 0.29) is 16.9 Å². The summed E-state index contributed by atoms with van der Waals surface area (Å²) in [6, 6.07) is -0.379. The molecule has 9 heteroatoms. The van der Waals surface area contributed by atoms with Gasteiger partial charge in [0.15, 0.2) is 0 Å². The first-order chi connectivity index (χ1) is 15.1. The first-order valence-electron chi connectivity index (χ1n) is 11.2. The predicted octanol–water partition coefficient (Wildman–Crippen LogP) is 5.46. The third kappa shape index (κ3) is 5.26. The molecule has 3 rings (SSSR count). The van der Waals surface area contributed by atoms with Crippen LogP contribution in [0.1, 0.15) is 61.3 Å². The average molecular weight is 479 g/mol. The van der Waals surface area contributed by atoms with Crippen molar-refractivity contribution >= 4 is 29.6 Å². The summed E-state index contributed by atoms with van der Waals surface area (Å²) >= 11 is 5.90. The van der Waals surface area contributed by atoms with Gasteiger partial charge in [-0.3, -0.25) is 0 Å². The number of hydrogen-bond donors (Lipinski definition) is 0. The zero-order valence-corrected chi connectivity index (χ0v) is 21.4. The molecular weight excluding hydrogens is 444 g/mol. The highest BCUT2D eigenvalue weighted by atomic mass is 35.5. The third-order valence-electron chi connectivity index (χ3n) is 6.37. The van der Waals surface area contributed by atoms with Gasteiger partial charge in [-0.25, -0.2) is 24.5 Å². The van der Waals surface area contributed by atoms with Crippen LogP contribution in [0.15, 0.2) is 25.0 Å². The standard InChI is InChI=1S/C24H35ClN4O4/c1-9-24-11-16(29(19(30)32-21(2,3)4)20(31)33-22(5,6)7)10-23(24,8)14-28(15-24)18-13-26-17(25)12-27-18/h9,12-13,16H,1,10-11,14-15H2,2-8H3/t16-,23+,24-/m0/s1. The summed E-state index contributed by atoms with van der Waals surface area (Å²) in [5.74, 6) is 0.740. The van der Waals surface area contributed by atoms with Crippen molar-refractivity contribution in [1.29, 1.82) is 0 Å². The molecule has 0 aromatic carbocycles. The first kappa shape index (κ1) is 25.3. The number of fused-ring (bicyclic) bond motifs is 1. The number of aromatic nitrogens is 2. The summed E-state index contributed by atoms with van der Waals surface area (Å²) in [6.45, 7) is 18.3. The first-order valence-corrected chi connectivity index (χ1v) is 11.6. The second-order valence-electron chi connectivity index (χ2n) is 11.4. The lowest BCUT2D eigenvalue weighted by Gasteiger charge is -2.33.